The van der Waals surface area contributed by atoms with Crippen LogP contribution >= 0.6 is 0 Å². The molecule has 9 nitrogen and oxygen atoms in total. The van der Waals surface area contributed by atoms with E-state index in [-0.39, 0.29) is 24.1 Å². The Kier molecular flexibility index (Phi) is 5.87. The predicted molar refractivity (Wildman–Crippen MR) is 103 cm³/mol. The van der Waals surface area contributed by atoms with Crippen molar-refractivity contribution in [2.24, 2.45) is 0 Å². The Balaban J connectivity index is 1.58. The minimum atomic E-state index is -3.27. The van der Waals surface area contributed by atoms with Crippen molar-refractivity contribution in [3.05, 3.63) is 29.8 Å². The van der Waals surface area contributed by atoms with E-state index in [1.807, 2.05) is 0 Å². The number of carbonyl (C=O) groups is 3. The Morgan fingerprint density at radius 3 is 2.43 bits per heavy atom. The van der Waals surface area contributed by atoms with Gasteiger partial charge in [-0.25, -0.2) is 8.42 Å². The summed E-state index contributed by atoms with van der Waals surface area (Å²) in [7, 11) is -1.74. The van der Waals surface area contributed by atoms with Crippen LogP contribution in [-0.2, 0) is 19.6 Å². The van der Waals surface area contributed by atoms with Gasteiger partial charge >= 0.3 is 0 Å². The average molecular weight is 408 g/mol. The minimum Gasteiger partial charge on any atom is -0.357 e. The Bertz CT molecular complexity index is 868. The van der Waals surface area contributed by atoms with E-state index in [4.69, 9.17) is 0 Å². The highest BCUT2D eigenvalue weighted by atomic mass is 32.2. The normalized spacial score (nSPS) is 20.8. The third kappa shape index (κ3) is 4.11. The average Bonchev–Trinajstić information content (AvgIpc) is 3.31. The molecule has 0 saturated carbocycles. The lowest BCUT2D eigenvalue weighted by atomic mass is 10.2. The number of anilines is 1. The highest BCUT2D eigenvalue weighted by Gasteiger charge is 2.33. The maximum Gasteiger partial charge on any atom is 0.251 e. The SMILES string of the molecule is CNC(=O)C1CCCN1C(=O)CNC(=O)c1ccc(N2CCCS2(=O)=O)cc1. The molecule has 2 aliphatic rings. The number of nitrogens with zero attached hydrogens (tertiary/aromatic N) is 2. The summed E-state index contributed by atoms with van der Waals surface area (Å²) in [6.07, 6.45) is 1.94. The Morgan fingerprint density at radius 2 is 1.82 bits per heavy atom. The van der Waals surface area contributed by atoms with Crippen molar-refractivity contribution in [3.8, 4) is 0 Å². The van der Waals surface area contributed by atoms with Crippen LogP contribution in [0.4, 0.5) is 5.69 Å². The van der Waals surface area contributed by atoms with Gasteiger partial charge in [0.2, 0.25) is 21.8 Å². The molecule has 0 spiro atoms. The number of nitrogens with one attached hydrogen (secondary N) is 2. The summed E-state index contributed by atoms with van der Waals surface area (Å²) in [5.74, 6) is -0.811. The summed E-state index contributed by atoms with van der Waals surface area (Å²) in [4.78, 5) is 38.0. The molecule has 3 rings (SSSR count). The topological polar surface area (TPSA) is 116 Å². The first kappa shape index (κ1) is 20.1. The quantitative estimate of drug-likeness (QED) is 0.694. The number of hydrogen-bond donors (Lipinski definition) is 2. The van der Waals surface area contributed by atoms with Gasteiger partial charge in [-0.2, -0.15) is 0 Å². The van der Waals surface area contributed by atoms with Crippen LogP contribution in [0, 0.1) is 0 Å². The summed E-state index contributed by atoms with van der Waals surface area (Å²) in [5.41, 5.74) is 0.855. The largest absolute Gasteiger partial charge is 0.357 e. The second kappa shape index (κ2) is 8.17. The van der Waals surface area contributed by atoms with Gasteiger partial charge in [-0.15, -0.1) is 0 Å². The molecule has 1 atom stereocenters. The molecule has 0 aliphatic carbocycles. The molecular weight excluding hydrogens is 384 g/mol. The van der Waals surface area contributed by atoms with Gasteiger partial charge in [-0.05, 0) is 43.5 Å². The summed E-state index contributed by atoms with van der Waals surface area (Å²) in [5, 5.41) is 5.11. The number of likely N-dealkylation sites (N-methyl/N-ethyl adjacent to an activating group) is 1. The van der Waals surface area contributed by atoms with E-state index in [2.05, 4.69) is 10.6 Å². The van der Waals surface area contributed by atoms with Gasteiger partial charge < -0.3 is 15.5 Å². The predicted octanol–water partition coefficient (Wildman–Crippen LogP) is -0.307. The van der Waals surface area contributed by atoms with Gasteiger partial charge in [0.05, 0.1) is 18.0 Å². The molecule has 152 valence electrons. The molecule has 2 heterocycles. The lowest BCUT2D eigenvalue weighted by Crippen LogP contribution is -2.48. The molecule has 1 aromatic carbocycles. The Morgan fingerprint density at radius 1 is 1.11 bits per heavy atom. The van der Waals surface area contributed by atoms with Crippen LogP contribution in [0.3, 0.4) is 0 Å². The van der Waals surface area contributed by atoms with Crippen LogP contribution in [-0.4, -0.2) is 69.5 Å². The van der Waals surface area contributed by atoms with Crippen molar-refractivity contribution in [1.82, 2.24) is 15.5 Å². The van der Waals surface area contributed by atoms with Crippen molar-refractivity contribution in [2.45, 2.75) is 25.3 Å². The summed E-state index contributed by atoms with van der Waals surface area (Å²) < 4.78 is 25.3. The first-order valence-corrected chi connectivity index (χ1v) is 10.8. The van der Waals surface area contributed by atoms with Gasteiger partial charge in [0.15, 0.2) is 0 Å². The van der Waals surface area contributed by atoms with Crippen LogP contribution in [0.1, 0.15) is 29.6 Å². The highest BCUT2D eigenvalue weighted by Crippen LogP contribution is 2.24. The molecule has 0 aromatic heterocycles. The lowest BCUT2D eigenvalue weighted by Gasteiger charge is -2.23. The van der Waals surface area contributed by atoms with Crippen molar-refractivity contribution < 1.29 is 22.8 Å². The standard InChI is InChI=1S/C18H24N4O5S/c1-19-18(25)15-4-2-9-21(15)16(23)12-20-17(24)13-5-7-14(8-6-13)22-10-3-11-28(22,26)27/h5-8,15H,2-4,9-12H2,1H3,(H,19,25)(H,20,24). The third-order valence-electron chi connectivity index (χ3n) is 5.04. The van der Waals surface area contributed by atoms with E-state index in [9.17, 15) is 22.8 Å². The lowest BCUT2D eigenvalue weighted by molar-refractivity contribution is -0.137. The highest BCUT2D eigenvalue weighted by molar-refractivity contribution is 7.93. The number of rotatable bonds is 5. The number of likely N-dealkylation sites (tertiary alicyclic amines) is 1. The van der Waals surface area contributed by atoms with Crippen molar-refractivity contribution in [3.63, 3.8) is 0 Å². The number of carbonyl (C=O) groups excluding carboxylic acids is 3. The second-order valence-corrected chi connectivity index (χ2v) is 8.84. The molecular formula is C18H24N4O5S. The van der Waals surface area contributed by atoms with Crippen molar-refractivity contribution >= 4 is 33.4 Å². The van der Waals surface area contributed by atoms with Crippen LogP contribution in [0.5, 0.6) is 0 Å². The van der Waals surface area contributed by atoms with Crippen molar-refractivity contribution in [1.29, 1.82) is 0 Å². The van der Waals surface area contributed by atoms with Crippen LogP contribution in [0.25, 0.3) is 0 Å². The van der Waals surface area contributed by atoms with Gasteiger partial charge in [-0.3, -0.25) is 18.7 Å². The van der Waals surface area contributed by atoms with Crippen LogP contribution in [0.15, 0.2) is 24.3 Å². The molecule has 10 heteroatoms. The monoisotopic (exact) mass is 408 g/mol. The van der Waals surface area contributed by atoms with E-state index in [1.165, 1.54) is 28.4 Å². The molecule has 1 aromatic rings. The molecule has 3 amide bonds. The van der Waals surface area contributed by atoms with Crippen LogP contribution in [0.2, 0.25) is 0 Å². The number of amides is 3. The summed E-state index contributed by atoms with van der Waals surface area (Å²) >= 11 is 0. The molecule has 2 N–H and O–H groups in total. The van der Waals surface area contributed by atoms with E-state index in [0.717, 1.165) is 6.42 Å². The first-order chi connectivity index (χ1) is 13.3. The second-order valence-electron chi connectivity index (χ2n) is 6.83. The zero-order valence-electron chi connectivity index (χ0n) is 15.7. The Labute approximate surface area is 164 Å². The molecule has 0 radical (unpaired) electrons. The summed E-state index contributed by atoms with van der Waals surface area (Å²) in [6.45, 7) is 0.727. The summed E-state index contributed by atoms with van der Waals surface area (Å²) in [6, 6.07) is 5.75. The fraction of sp³-hybridized carbons (Fsp3) is 0.500. The first-order valence-electron chi connectivity index (χ1n) is 9.23. The van der Waals surface area contributed by atoms with Gasteiger partial charge in [0.1, 0.15) is 6.04 Å². The molecule has 2 aliphatic heterocycles. The maximum absolute atomic E-state index is 12.4. The van der Waals surface area contributed by atoms with E-state index >= 15 is 0 Å². The fourth-order valence-electron chi connectivity index (χ4n) is 3.57. The molecule has 2 fully saturated rings. The smallest absolute Gasteiger partial charge is 0.251 e. The van der Waals surface area contributed by atoms with Gasteiger partial charge in [0, 0.05) is 25.7 Å². The fourth-order valence-corrected chi connectivity index (χ4v) is 5.14. The molecule has 1 unspecified atom stereocenters. The third-order valence-corrected chi connectivity index (χ3v) is 6.91. The minimum absolute atomic E-state index is 0.130. The number of benzene rings is 1. The zero-order valence-corrected chi connectivity index (χ0v) is 16.5. The molecule has 28 heavy (non-hydrogen) atoms. The maximum atomic E-state index is 12.4. The van der Waals surface area contributed by atoms with E-state index in [0.29, 0.717) is 37.2 Å². The molecule has 0 bridgehead atoms. The zero-order chi connectivity index (χ0) is 20.3. The van der Waals surface area contributed by atoms with Gasteiger partial charge in [-0.1, -0.05) is 0 Å². The van der Waals surface area contributed by atoms with E-state index < -0.39 is 22.0 Å². The number of sulfonamides is 1. The van der Waals surface area contributed by atoms with Gasteiger partial charge in [0.25, 0.3) is 5.91 Å². The molecule has 2 saturated heterocycles. The van der Waals surface area contributed by atoms with E-state index in [1.54, 1.807) is 12.1 Å². The Hall–Kier alpha value is -2.62. The number of hydrogen-bond acceptors (Lipinski definition) is 5. The van der Waals surface area contributed by atoms with Crippen molar-refractivity contribution in [2.75, 3.05) is 36.7 Å². The van der Waals surface area contributed by atoms with Crippen LogP contribution < -0.4 is 14.9 Å².